The van der Waals surface area contributed by atoms with E-state index >= 15 is 0 Å². The molecule has 1 fully saturated rings. The summed E-state index contributed by atoms with van der Waals surface area (Å²) in [5.41, 5.74) is 4.07. The third kappa shape index (κ3) is 5.33. The first-order valence-electron chi connectivity index (χ1n) is 12.8. The minimum absolute atomic E-state index is 0.135. The second kappa shape index (κ2) is 11.2. The van der Waals surface area contributed by atoms with Crippen LogP contribution in [0.4, 0.5) is 11.4 Å². The van der Waals surface area contributed by atoms with E-state index in [9.17, 15) is 14.9 Å². The molecule has 1 saturated carbocycles. The number of carbonyl (C=O) groups is 1. The van der Waals surface area contributed by atoms with Crippen LogP contribution in [-0.2, 0) is 6.54 Å². The highest BCUT2D eigenvalue weighted by Gasteiger charge is 2.25. The van der Waals surface area contributed by atoms with Gasteiger partial charge in [-0.1, -0.05) is 31.4 Å². The predicted molar refractivity (Wildman–Crippen MR) is 150 cm³/mol. The number of aromatic nitrogens is 2. The highest BCUT2D eigenvalue weighted by atomic mass is 32.1. The van der Waals surface area contributed by atoms with Crippen molar-refractivity contribution in [2.45, 2.75) is 45.6 Å². The first-order chi connectivity index (χ1) is 18.4. The summed E-state index contributed by atoms with van der Waals surface area (Å²) in [5.74, 6) is 0.960. The van der Waals surface area contributed by atoms with Crippen LogP contribution in [0.5, 0.6) is 5.75 Å². The molecule has 0 unspecified atom stereocenters. The van der Waals surface area contributed by atoms with Crippen molar-refractivity contribution in [2.75, 3.05) is 12.4 Å². The van der Waals surface area contributed by atoms with Crippen molar-refractivity contribution in [1.82, 2.24) is 9.55 Å². The molecule has 9 heteroatoms. The molecule has 1 aliphatic rings. The van der Waals surface area contributed by atoms with Gasteiger partial charge in [-0.15, -0.1) is 11.3 Å². The molecule has 196 valence electrons. The summed E-state index contributed by atoms with van der Waals surface area (Å²) in [6.45, 7) is 2.76. The molecule has 0 aliphatic heterocycles. The van der Waals surface area contributed by atoms with E-state index in [-0.39, 0.29) is 17.3 Å². The highest BCUT2D eigenvalue weighted by molar-refractivity contribution is 7.13. The number of hydrogen-bond acceptors (Lipinski definition) is 6. The van der Waals surface area contributed by atoms with Crippen molar-refractivity contribution in [1.29, 1.82) is 0 Å². The Morgan fingerprint density at radius 2 is 1.89 bits per heavy atom. The van der Waals surface area contributed by atoms with Gasteiger partial charge in [-0.3, -0.25) is 14.9 Å². The van der Waals surface area contributed by atoms with Crippen molar-refractivity contribution in [3.05, 3.63) is 81.3 Å². The van der Waals surface area contributed by atoms with Gasteiger partial charge in [0.2, 0.25) is 0 Å². The molecule has 0 spiro atoms. The third-order valence-electron chi connectivity index (χ3n) is 7.23. The number of rotatable bonds is 8. The van der Waals surface area contributed by atoms with Gasteiger partial charge in [0.1, 0.15) is 16.4 Å². The summed E-state index contributed by atoms with van der Waals surface area (Å²) in [6, 6.07) is 15.9. The summed E-state index contributed by atoms with van der Waals surface area (Å²) >= 11 is 1.56. The molecule has 38 heavy (non-hydrogen) atoms. The molecule has 2 aromatic heterocycles. The number of nitro benzene ring substituents is 1. The van der Waals surface area contributed by atoms with Crippen molar-refractivity contribution < 1.29 is 14.5 Å². The maximum atomic E-state index is 13.4. The van der Waals surface area contributed by atoms with Gasteiger partial charge in [0.05, 0.1) is 29.0 Å². The van der Waals surface area contributed by atoms with Gasteiger partial charge >= 0.3 is 0 Å². The number of para-hydroxylation sites is 2. The van der Waals surface area contributed by atoms with Crippen LogP contribution in [0.15, 0.2) is 60.0 Å². The number of thiazole rings is 1. The number of hydrogen-bond donors (Lipinski definition) is 1. The average Bonchev–Trinajstić information content (AvgIpc) is 3.55. The quantitative estimate of drug-likeness (QED) is 0.190. The molecule has 4 aromatic rings. The number of nitrogens with zero attached hydrogens (tertiary/aromatic N) is 3. The number of ether oxygens (including phenoxy) is 1. The molecule has 5 rings (SSSR count). The average molecular weight is 531 g/mol. The number of methoxy groups -OCH3 is 1. The Morgan fingerprint density at radius 1 is 1.16 bits per heavy atom. The zero-order valence-electron chi connectivity index (χ0n) is 21.5. The third-order valence-corrected chi connectivity index (χ3v) is 8.12. The van der Waals surface area contributed by atoms with Crippen molar-refractivity contribution in [3.63, 3.8) is 0 Å². The van der Waals surface area contributed by atoms with Gasteiger partial charge in [0.25, 0.3) is 11.6 Å². The lowest BCUT2D eigenvalue weighted by Crippen LogP contribution is -2.17. The van der Waals surface area contributed by atoms with Crippen LogP contribution in [0.1, 0.15) is 48.2 Å². The lowest BCUT2D eigenvalue weighted by Gasteiger charge is -2.24. The number of anilines is 1. The van der Waals surface area contributed by atoms with E-state index in [1.165, 1.54) is 38.2 Å². The lowest BCUT2D eigenvalue weighted by molar-refractivity contribution is -0.383. The van der Waals surface area contributed by atoms with E-state index in [0.29, 0.717) is 11.5 Å². The number of benzene rings is 2. The van der Waals surface area contributed by atoms with E-state index < -0.39 is 4.92 Å². The standard InChI is InChI=1S/C29H30N4O4S/c1-19-23(28(34)30-24-10-6-7-11-26(24)33(35)36)16-27(32(19)17-20-8-4-3-5-9-20)25-18-38-29(31-25)21-12-14-22(37-2)15-13-21/h6-7,10-16,18,20H,3-5,8-9,17H2,1-2H3,(H,30,34). The second-order valence-corrected chi connectivity index (χ2v) is 10.5. The number of carbonyl (C=O) groups excluding carboxylic acids is 1. The van der Waals surface area contributed by atoms with Crippen LogP contribution in [0.25, 0.3) is 22.0 Å². The van der Waals surface area contributed by atoms with Gasteiger partial charge in [-0.05, 0) is 62.1 Å². The lowest BCUT2D eigenvalue weighted by atomic mass is 9.89. The van der Waals surface area contributed by atoms with Crippen molar-refractivity contribution in [2.24, 2.45) is 5.92 Å². The summed E-state index contributed by atoms with van der Waals surface area (Å²) in [7, 11) is 1.64. The van der Waals surface area contributed by atoms with E-state index in [2.05, 4.69) is 9.88 Å². The molecule has 2 heterocycles. The normalized spacial score (nSPS) is 13.8. The fourth-order valence-electron chi connectivity index (χ4n) is 5.14. The zero-order valence-corrected chi connectivity index (χ0v) is 22.3. The Kier molecular flexibility index (Phi) is 7.55. The topological polar surface area (TPSA) is 99.3 Å². The molecule has 0 radical (unpaired) electrons. The van der Waals surface area contributed by atoms with Gasteiger partial charge in [0, 0.05) is 29.2 Å². The van der Waals surface area contributed by atoms with E-state index in [1.54, 1.807) is 36.6 Å². The molecular formula is C29H30N4O4S. The summed E-state index contributed by atoms with van der Waals surface area (Å²) < 4.78 is 7.48. The molecule has 1 amide bonds. The monoisotopic (exact) mass is 530 g/mol. The van der Waals surface area contributed by atoms with E-state index in [1.807, 2.05) is 42.6 Å². The zero-order chi connectivity index (χ0) is 26.6. The summed E-state index contributed by atoms with van der Waals surface area (Å²) in [4.78, 5) is 29.3. The maximum Gasteiger partial charge on any atom is 0.292 e. The Morgan fingerprint density at radius 3 is 2.61 bits per heavy atom. The van der Waals surface area contributed by atoms with Gasteiger partial charge in [-0.2, -0.15) is 0 Å². The minimum Gasteiger partial charge on any atom is -0.497 e. The Hall–Kier alpha value is -3.98. The highest BCUT2D eigenvalue weighted by Crippen LogP contribution is 2.35. The number of nitro groups is 1. The Balaban J connectivity index is 1.50. The second-order valence-electron chi connectivity index (χ2n) is 9.64. The Bertz CT molecular complexity index is 1450. The Labute approximate surface area is 225 Å². The van der Waals surface area contributed by atoms with Crippen LogP contribution < -0.4 is 10.1 Å². The fraction of sp³-hybridized carbons (Fsp3) is 0.310. The van der Waals surface area contributed by atoms with Gasteiger partial charge < -0.3 is 14.6 Å². The molecule has 0 saturated heterocycles. The summed E-state index contributed by atoms with van der Waals surface area (Å²) in [5, 5.41) is 17.1. The van der Waals surface area contributed by atoms with E-state index in [0.717, 1.165) is 39.9 Å². The molecule has 2 aromatic carbocycles. The minimum atomic E-state index is -0.488. The van der Waals surface area contributed by atoms with Crippen LogP contribution >= 0.6 is 11.3 Å². The van der Waals surface area contributed by atoms with Crippen molar-refractivity contribution in [3.8, 4) is 27.7 Å². The molecule has 1 aliphatic carbocycles. The predicted octanol–water partition coefficient (Wildman–Crippen LogP) is 7.34. The molecule has 0 atom stereocenters. The van der Waals surface area contributed by atoms with Crippen LogP contribution in [0.2, 0.25) is 0 Å². The van der Waals surface area contributed by atoms with Crippen LogP contribution in [0, 0.1) is 23.0 Å². The van der Waals surface area contributed by atoms with Crippen LogP contribution in [0.3, 0.4) is 0 Å². The van der Waals surface area contributed by atoms with Gasteiger partial charge in [0.15, 0.2) is 0 Å². The summed E-state index contributed by atoms with van der Waals surface area (Å²) in [6.07, 6.45) is 6.06. The maximum absolute atomic E-state index is 13.4. The molecule has 0 bridgehead atoms. The fourth-order valence-corrected chi connectivity index (χ4v) is 5.96. The first-order valence-corrected chi connectivity index (χ1v) is 13.7. The van der Waals surface area contributed by atoms with Crippen molar-refractivity contribution >= 4 is 28.6 Å². The molecule has 1 N–H and O–H groups in total. The number of amides is 1. The van der Waals surface area contributed by atoms with Crippen LogP contribution in [-0.4, -0.2) is 27.5 Å². The van der Waals surface area contributed by atoms with Gasteiger partial charge in [-0.25, -0.2) is 4.98 Å². The SMILES string of the molecule is COc1ccc(-c2nc(-c3cc(C(=O)Nc4ccccc4[N+](=O)[O-])c(C)n3CC3CCCCC3)cs2)cc1. The smallest absolute Gasteiger partial charge is 0.292 e. The largest absolute Gasteiger partial charge is 0.497 e. The molecular weight excluding hydrogens is 500 g/mol. The number of nitrogens with one attached hydrogen (secondary N) is 1. The van der Waals surface area contributed by atoms with E-state index in [4.69, 9.17) is 9.72 Å². The first kappa shape index (κ1) is 25.7. The molecule has 8 nitrogen and oxygen atoms in total.